The summed E-state index contributed by atoms with van der Waals surface area (Å²) in [5, 5.41) is 3.14. The molecule has 2 aliphatic carbocycles. The first-order valence-corrected chi connectivity index (χ1v) is 10.9. The molecule has 0 saturated heterocycles. The lowest BCUT2D eigenvalue weighted by Crippen LogP contribution is -2.59. The number of aryl methyl sites for hydroxylation is 1. The first-order valence-electron chi connectivity index (χ1n) is 10.9. The zero-order valence-corrected chi connectivity index (χ0v) is 18.8. The van der Waals surface area contributed by atoms with E-state index in [1.165, 1.54) is 5.57 Å². The first kappa shape index (κ1) is 21.6. The number of allylic oxidation sites excluding steroid dienone is 2. The molecule has 0 bridgehead atoms. The molecule has 1 N–H and O–H groups in total. The van der Waals surface area contributed by atoms with E-state index in [2.05, 4.69) is 39.1 Å². The molecule has 0 radical (unpaired) electrons. The fourth-order valence-corrected chi connectivity index (χ4v) is 5.04. The minimum Gasteiger partial charge on any atom is -0.331 e. The second kappa shape index (κ2) is 7.97. The molecular weight excluding hydrogens is 360 g/mol. The zero-order chi connectivity index (χ0) is 21.4. The van der Waals surface area contributed by atoms with Gasteiger partial charge in [0, 0.05) is 12.7 Å². The molecule has 1 aromatic rings. The Morgan fingerprint density at radius 1 is 1.10 bits per heavy atom. The van der Waals surface area contributed by atoms with Crippen molar-refractivity contribution in [1.82, 2.24) is 4.90 Å². The van der Waals surface area contributed by atoms with Crippen LogP contribution in [0.1, 0.15) is 65.4 Å². The van der Waals surface area contributed by atoms with Gasteiger partial charge in [-0.2, -0.15) is 0 Å². The van der Waals surface area contributed by atoms with Crippen molar-refractivity contribution in [3.8, 4) is 0 Å². The van der Waals surface area contributed by atoms with Crippen LogP contribution in [0.25, 0.3) is 0 Å². The third kappa shape index (κ3) is 3.99. The SMILES string of the molecule is CC(C)=C[C@H]1[C@@H](C(=O)N(C)C2(C(=O)Nc3ccccc3C)CCCCC2)C1(C)C. The number of hydrogen-bond donors (Lipinski definition) is 1. The predicted molar refractivity (Wildman–Crippen MR) is 119 cm³/mol. The van der Waals surface area contributed by atoms with Crippen LogP contribution >= 0.6 is 0 Å². The molecule has 2 saturated carbocycles. The van der Waals surface area contributed by atoms with Crippen molar-refractivity contribution in [2.24, 2.45) is 17.3 Å². The molecule has 2 amide bonds. The minimum atomic E-state index is -0.758. The molecular formula is C25H36N2O2. The van der Waals surface area contributed by atoms with Gasteiger partial charge in [0.15, 0.2) is 0 Å². The highest BCUT2D eigenvalue weighted by Crippen LogP contribution is 2.60. The molecule has 4 nitrogen and oxygen atoms in total. The number of benzene rings is 1. The summed E-state index contributed by atoms with van der Waals surface area (Å²) in [4.78, 5) is 28.9. The van der Waals surface area contributed by atoms with Crippen LogP contribution in [0.5, 0.6) is 0 Å². The van der Waals surface area contributed by atoms with E-state index in [0.717, 1.165) is 43.4 Å². The Kier molecular flexibility index (Phi) is 5.93. The van der Waals surface area contributed by atoms with Crippen LogP contribution in [0.3, 0.4) is 0 Å². The average molecular weight is 397 g/mol. The monoisotopic (exact) mass is 396 g/mol. The summed E-state index contributed by atoms with van der Waals surface area (Å²) in [7, 11) is 1.85. The van der Waals surface area contributed by atoms with E-state index in [9.17, 15) is 9.59 Å². The van der Waals surface area contributed by atoms with E-state index < -0.39 is 5.54 Å². The molecule has 3 rings (SSSR count). The molecule has 2 atom stereocenters. The topological polar surface area (TPSA) is 49.4 Å². The number of likely N-dealkylation sites (N-methyl/N-ethyl adjacent to an activating group) is 1. The maximum Gasteiger partial charge on any atom is 0.250 e. The number of anilines is 1. The van der Waals surface area contributed by atoms with Crippen LogP contribution in [0.15, 0.2) is 35.9 Å². The fraction of sp³-hybridized carbons (Fsp3) is 0.600. The number of rotatable bonds is 5. The van der Waals surface area contributed by atoms with Gasteiger partial charge in [-0.3, -0.25) is 9.59 Å². The van der Waals surface area contributed by atoms with Crippen molar-refractivity contribution >= 4 is 17.5 Å². The largest absolute Gasteiger partial charge is 0.331 e. The number of nitrogens with zero attached hydrogens (tertiary/aromatic N) is 1. The number of carbonyl (C=O) groups is 2. The standard InChI is InChI=1S/C25H36N2O2/c1-17(2)16-19-21(24(19,4)5)22(28)27(6)25(14-10-7-11-15-25)23(29)26-20-13-9-8-12-18(20)3/h8-9,12-13,16,19,21H,7,10-11,14-15H2,1-6H3,(H,26,29)/t19-,21-/m0/s1. The quantitative estimate of drug-likeness (QED) is 0.684. The molecule has 0 heterocycles. The van der Waals surface area contributed by atoms with E-state index in [1.807, 2.05) is 38.2 Å². The predicted octanol–water partition coefficient (Wildman–Crippen LogP) is 5.33. The highest BCUT2D eigenvalue weighted by molar-refractivity contribution is 6.01. The van der Waals surface area contributed by atoms with Gasteiger partial charge in [-0.25, -0.2) is 0 Å². The van der Waals surface area contributed by atoms with Crippen LogP contribution in [-0.2, 0) is 9.59 Å². The molecule has 4 heteroatoms. The van der Waals surface area contributed by atoms with E-state index in [0.29, 0.717) is 0 Å². The third-order valence-corrected chi connectivity index (χ3v) is 7.16. The molecule has 0 aromatic heterocycles. The Labute approximate surface area is 175 Å². The normalized spacial score (nSPS) is 24.3. The second-order valence-corrected chi connectivity index (χ2v) is 9.83. The van der Waals surface area contributed by atoms with Crippen LogP contribution in [0, 0.1) is 24.2 Å². The zero-order valence-electron chi connectivity index (χ0n) is 18.8. The first-order chi connectivity index (χ1) is 13.6. The van der Waals surface area contributed by atoms with Gasteiger partial charge in [0.25, 0.3) is 0 Å². The van der Waals surface area contributed by atoms with Gasteiger partial charge in [0.2, 0.25) is 11.8 Å². The van der Waals surface area contributed by atoms with Crippen molar-refractivity contribution in [3.05, 3.63) is 41.5 Å². The van der Waals surface area contributed by atoms with E-state index >= 15 is 0 Å². The van der Waals surface area contributed by atoms with Crippen molar-refractivity contribution in [2.75, 3.05) is 12.4 Å². The van der Waals surface area contributed by atoms with Gasteiger partial charge in [-0.1, -0.05) is 63.0 Å². The molecule has 0 aliphatic heterocycles. The lowest BCUT2D eigenvalue weighted by atomic mass is 9.79. The molecule has 158 valence electrons. The minimum absolute atomic E-state index is 0.0421. The van der Waals surface area contributed by atoms with Gasteiger partial charge >= 0.3 is 0 Å². The molecule has 2 fully saturated rings. The van der Waals surface area contributed by atoms with Gasteiger partial charge in [-0.05, 0) is 56.6 Å². The van der Waals surface area contributed by atoms with Crippen LogP contribution in [0.2, 0.25) is 0 Å². The number of nitrogens with one attached hydrogen (secondary N) is 1. The molecule has 2 aliphatic rings. The van der Waals surface area contributed by atoms with Gasteiger partial charge < -0.3 is 10.2 Å². The summed E-state index contributed by atoms with van der Waals surface area (Å²) in [5.74, 6) is 0.272. The Bertz CT molecular complexity index is 814. The van der Waals surface area contributed by atoms with Crippen molar-refractivity contribution in [2.45, 2.75) is 72.3 Å². The van der Waals surface area contributed by atoms with Crippen molar-refractivity contribution in [1.29, 1.82) is 0 Å². The van der Waals surface area contributed by atoms with E-state index in [1.54, 1.807) is 4.90 Å². The van der Waals surface area contributed by atoms with E-state index in [-0.39, 0.29) is 29.1 Å². The highest BCUT2D eigenvalue weighted by Gasteiger charge is 2.62. The summed E-state index contributed by atoms with van der Waals surface area (Å²) in [5.41, 5.74) is 2.30. The Morgan fingerprint density at radius 2 is 1.72 bits per heavy atom. The molecule has 0 unspecified atom stereocenters. The third-order valence-electron chi connectivity index (χ3n) is 7.16. The number of hydrogen-bond acceptors (Lipinski definition) is 2. The Morgan fingerprint density at radius 3 is 2.31 bits per heavy atom. The lowest BCUT2D eigenvalue weighted by Gasteiger charge is -2.43. The van der Waals surface area contributed by atoms with Crippen LogP contribution < -0.4 is 5.32 Å². The Balaban J connectivity index is 1.86. The summed E-state index contributed by atoms with van der Waals surface area (Å²) < 4.78 is 0. The summed E-state index contributed by atoms with van der Waals surface area (Å²) in [6.45, 7) is 10.5. The number of para-hydroxylation sites is 1. The second-order valence-electron chi connectivity index (χ2n) is 9.83. The average Bonchev–Trinajstić information content (AvgIpc) is 3.21. The summed E-state index contributed by atoms with van der Waals surface area (Å²) in [6, 6.07) is 7.83. The van der Waals surface area contributed by atoms with Crippen LogP contribution in [-0.4, -0.2) is 29.3 Å². The summed E-state index contributed by atoms with van der Waals surface area (Å²) >= 11 is 0. The molecule has 29 heavy (non-hydrogen) atoms. The van der Waals surface area contributed by atoms with Gasteiger partial charge in [0.05, 0.1) is 5.92 Å². The maximum atomic E-state index is 13.6. The van der Waals surface area contributed by atoms with Crippen LogP contribution in [0.4, 0.5) is 5.69 Å². The molecule has 1 aromatic carbocycles. The lowest BCUT2D eigenvalue weighted by molar-refractivity contribution is -0.147. The number of carbonyl (C=O) groups excluding carboxylic acids is 2. The van der Waals surface area contributed by atoms with E-state index in [4.69, 9.17) is 0 Å². The maximum absolute atomic E-state index is 13.6. The number of amides is 2. The highest BCUT2D eigenvalue weighted by atomic mass is 16.2. The van der Waals surface area contributed by atoms with Gasteiger partial charge in [-0.15, -0.1) is 0 Å². The smallest absolute Gasteiger partial charge is 0.250 e. The van der Waals surface area contributed by atoms with Crippen molar-refractivity contribution < 1.29 is 9.59 Å². The molecule has 0 spiro atoms. The van der Waals surface area contributed by atoms with Crippen molar-refractivity contribution in [3.63, 3.8) is 0 Å². The van der Waals surface area contributed by atoms with Gasteiger partial charge in [0.1, 0.15) is 5.54 Å². The Hall–Kier alpha value is -2.10. The summed E-state index contributed by atoms with van der Waals surface area (Å²) in [6.07, 6.45) is 6.75. The fourth-order valence-electron chi connectivity index (χ4n) is 5.04.